The molecule has 144 valence electrons. The molecule has 28 heavy (non-hydrogen) atoms. The lowest BCUT2D eigenvalue weighted by atomic mass is 10.0. The predicted octanol–water partition coefficient (Wildman–Crippen LogP) is 3.97. The lowest BCUT2D eigenvalue weighted by Crippen LogP contribution is -2.35. The molecule has 6 heteroatoms. The van der Waals surface area contributed by atoms with E-state index in [0.29, 0.717) is 17.4 Å². The molecule has 0 unspecified atom stereocenters. The minimum atomic E-state index is -0.0643. The van der Waals surface area contributed by atoms with Crippen molar-refractivity contribution in [3.63, 3.8) is 0 Å². The minimum absolute atomic E-state index is 0.0643. The first-order chi connectivity index (χ1) is 13.5. The van der Waals surface area contributed by atoms with E-state index in [1.807, 2.05) is 25.1 Å². The fourth-order valence-corrected chi connectivity index (χ4v) is 3.78. The zero-order valence-electron chi connectivity index (χ0n) is 16.0. The van der Waals surface area contributed by atoms with Gasteiger partial charge in [0.25, 0.3) is 5.56 Å². The van der Waals surface area contributed by atoms with Crippen LogP contribution in [0.5, 0.6) is 5.75 Å². The largest absolute Gasteiger partial charge is 0.496 e. The van der Waals surface area contributed by atoms with Crippen LogP contribution in [0.4, 0.5) is 0 Å². The minimum Gasteiger partial charge on any atom is -0.496 e. The summed E-state index contributed by atoms with van der Waals surface area (Å²) in [6.07, 6.45) is 0.759. The molecule has 0 saturated heterocycles. The van der Waals surface area contributed by atoms with E-state index in [0.717, 1.165) is 47.6 Å². The van der Waals surface area contributed by atoms with Gasteiger partial charge < -0.3 is 9.72 Å². The second kappa shape index (κ2) is 7.78. The number of aromatic nitrogens is 2. The van der Waals surface area contributed by atoms with Gasteiger partial charge in [-0.3, -0.25) is 9.69 Å². The van der Waals surface area contributed by atoms with E-state index in [1.54, 1.807) is 19.2 Å². The highest BCUT2D eigenvalue weighted by molar-refractivity contribution is 6.30. The Morgan fingerprint density at radius 3 is 2.71 bits per heavy atom. The van der Waals surface area contributed by atoms with Gasteiger partial charge >= 0.3 is 0 Å². The normalized spacial score (nSPS) is 14.0. The Balaban J connectivity index is 1.55. The Kier molecular flexibility index (Phi) is 5.20. The number of hydrogen-bond donors (Lipinski definition) is 1. The van der Waals surface area contributed by atoms with Crippen LogP contribution in [0.1, 0.15) is 22.4 Å². The van der Waals surface area contributed by atoms with Gasteiger partial charge in [-0.25, -0.2) is 4.98 Å². The Morgan fingerprint density at radius 2 is 2.00 bits per heavy atom. The number of ether oxygens (including phenoxy) is 1. The lowest BCUT2D eigenvalue weighted by Gasteiger charge is -2.28. The average Bonchev–Trinajstić information content (AvgIpc) is 2.69. The SMILES string of the molecule is COc1ccc(CN2CCc3nc(-c4ccc(Cl)cc4)[nH]c(=O)c3C2)cc1C. The number of aromatic amines is 1. The fraction of sp³-hybridized carbons (Fsp3) is 0.273. The van der Waals surface area contributed by atoms with Crippen molar-refractivity contribution in [2.45, 2.75) is 26.4 Å². The van der Waals surface area contributed by atoms with Crippen LogP contribution in [0, 0.1) is 6.92 Å². The van der Waals surface area contributed by atoms with E-state index in [9.17, 15) is 4.79 Å². The van der Waals surface area contributed by atoms with Crippen molar-refractivity contribution in [1.29, 1.82) is 0 Å². The first-order valence-electron chi connectivity index (χ1n) is 9.27. The summed E-state index contributed by atoms with van der Waals surface area (Å²) in [6.45, 7) is 4.31. The van der Waals surface area contributed by atoms with Gasteiger partial charge in [0.1, 0.15) is 11.6 Å². The Hall–Kier alpha value is -2.63. The van der Waals surface area contributed by atoms with E-state index in [4.69, 9.17) is 21.3 Å². The number of halogens is 1. The third-order valence-corrected chi connectivity index (χ3v) is 5.38. The third-order valence-electron chi connectivity index (χ3n) is 5.13. The molecule has 4 rings (SSSR count). The van der Waals surface area contributed by atoms with Crippen LogP contribution in [-0.4, -0.2) is 28.5 Å². The molecular formula is C22H22ClN3O2. The van der Waals surface area contributed by atoms with E-state index in [1.165, 1.54) is 5.56 Å². The van der Waals surface area contributed by atoms with E-state index in [2.05, 4.69) is 22.0 Å². The molecule has 5 nitrogen and oxygen atoms in total. The van der Waals surface area contributed by atoms with E-state index in [-0.39, 0.29) is 5.56 Å². The van der Waals surface area contributed by atoms with Crippen molar-refractivity contribution >= 4 is 11.6 Å². The molecule has 1 aromatic heterocycles. The summed E-state index contributed by atoms with van der Waals surface area (Å²) in [6, 6.07) is 13.6. The smallest absolute Gasteiger partial charge is 0.255 e. The van der Waals surface area contributed by atoms with E-state index < -0.39 is 0 Å². The van der Waals surface area contributed by atoms with Crippen LogP contribution in [0.15, 0.2) is 47.3 Å². The maximum Gasteiger partial charge on any atom is 0.255 e. The van der Waals surface area contributed by atoms with Gasteiger partial charge in [0.2, 0.25) is 0 Å². The van der Waals surface area contributed by atoms with Crippen LogP contribution in [0.2, 0.25) is 5.02 Å². The Bertz CT molecular complexity index is 1060. The molecule has 1 N–H and O–H groups in total. The van der Waals surface area contributed by atoms with Gasteiger partial charge in [0, 0.05) is 36.6 Å². The summed E-state index contributed by atoms with van der Waals surface area (Å²) in [7, 11) is 1.68. The molecule has 1 aliphatic heterocycles. The summed E-state index contributed by atoms with van der Waals surface area (Å²) in [5, 5.41) is 0.661. The molecule has 0 radical (unpaired) electrons. The zero-order chi connectivity index (χ0) is 19.7. The van der Waals surface area contributed by atoms with Gasteiger partial charge in [-0.1, -0.05) is 23.7 Å². The fourth-order valence-electron chi connectivity index (χ4n) is 3.66. The zero-order valence-corrected chi connectivity index (χ0v) is 16.7. The van der Waals surface area contributed by atoms with Crippen LogP contribution in [0.25, 0.3) is 11.4 Å². The monoisotopic (exact) mass is 395 g/mol. The highest BCUT2D eigenvalue weighted by atomic mass is 35.5. The molecular weight excluding hydrogens is 374 g/mol. The summed E-state index contributed by atoms with van der Waals surface area (Å²) < 4.78 is 5.33. The molecule has 0 fully saturated rings. The van der Waals surface area contributed by atoms with Crippen molar-refractivity contribution in [3.05, 3.63) is 80.2 Å². The van der Waals surface area contributed by atoms with Gasteiger partial charge in [-0.2, -0.15) is 0 Å². The van der Waals surface area contributed by atoms with Crippen molar-refractivity contribution in [3.8, 4) is 17.1 Å². The second-order valence-electron chi connectivity index (χ2n) is 7.11. The molecule has 0 bridgehead atoms. The maximum atomic E-state index is 12.7. The van der Waals surface area contributed by atoms with E-state index >= 15 is 0 Å². The highest BCUT2D eigenvalue weighted by Gasteiger charge is 2.21. The molecule has 0 spiro atoms. The van der Waals surface area contributed by atoms with Crippen molar-refractivity contribution < 1.29 is 4.74 Å². The van der Waals surface area contributed by atoms with Crippen LogP contribution < -0.4 is 10.3 Å². The average molecular weight is 396 g/mol. The second-order valence-corrected chi connectivity index (χ2v) is 7.55. The van der Waals surface area contributed by atoms with Crippen molar-refractivity contribution in [2.75, 3.05) is 13.7 Å². The van der Waals surface area contributed by atoms with Gasteiger partial charge in [0.05, 0.1) is 18.4 Å². The standard InChI is InChI=1S/C22H22ClN3O2/c1-14-11-15(3-8-20(14)28-2)12-26-10-9-19-18(13-26)22(27)25-21(24-19)16-4-6-17(23)7-5-16/h3-8,11H,9-10,12-13H2,1-2H3,(H,24,25,27). The molecule has 1 aliphatic rings. The third kappa shape index (κ3) is 3.81. The first-order valence-corrected chi connectivity index (χ1v) is 9.65. The number of methoxy groups -OCH3 is 1. The number of aryl methyl sites for hydroxylation is 1. The molecule has 0 saturated carbocycles. The number of fused-ring (bicyclic) bond motifs is 1. The lowest BCUT2D eigenvalue weighted by molar-refractivity contribution is 0.241. The number of rotatable bonds is 4. The molecule has 0 amide bonds. The Labute approximate surface area is 169 Å². The summed E-state index contributed by atoms with van der Waals surface area (Å²) in [5.74, 6) is 1.49. The number of benzene rings is 2. The molecule has 2 heterocycles. The molecule has 2 aromatic carbocycles. The predicted molar refractivity (Wildman–Crippen MR) is 111 cm³/mol. The number of H-pyrrole nitrogens is 1. The van der Waals surface area contributed by atoms with Crippen LogP contribution >= 0.6 is 11.6 Å². The van der Waals surface area contributed by atoms with Gasteiger partial charge in [0.15, 0.2) is 0 Å². The summed E-state index contributed by atoms with van der Waals surface area (Å²) in [5.41, 5.74) is 4.77. The summed E-state index contributed by atoms with van der Waals surface area (Å²) in [4.78, 5) is 22.6. The van der Waals surface area contributed by atoms with Crippen molar-refractivity contribution in [1.82, 2.24) is 14.9 Å². The number of nitrogens with one attached hydrogen (secondary N) is 1. The molecule has 3 aromatic rings. The van der Waals surface area contributed by atoms with Gasteiger partial charge in [-0.05, 0) is 48.4 Å². The van der Waals surface area contributed by atoms with Gasteiger partial charge in [-0.15, -0.1) is 0 Å². The maximum absolute atomic E-state index is 12.7. The molecule has 0 aliphatic carbocycles. The first kappa shape index (κ1) is 18.7. The van der Waals surface area contributed by atoms with Crippen LogP contribution in [-0.2, 0) is 19.5 Å². The van der Waals surface area contributed by atoms with Crippen LogP contribution in [0.3, 0.4) is 0 Å². The summed E-state index contributed by atoms with van der Waals surface area (Å²) >= 11 is 5.95. The number of hydrogen-bond acceptors (Lipinski definition) is 4. The topological polar surface area (TPSA) is 58.2 Å². The number of nitrogens with zero attached hydrogens (tertiary/aromatic N) is 2. The molecule has 0 atom stereocenters. The quantitative estimate of drug-likeness (QED) is 0.726. The Morgan fingerprint density at radius 1 is 1.21 bits per heavy atom. The van der Waals surface area contributed by atoms with Crippen molar-refractivity contribution in [2.24, 2.45) is 0 Å². The highest BCUT2D eigenvalue weighted by Crippen LogP contribution is 2.23.